The van der Waals surface area contributed by atoms with Crippen molar-refractivity contribution in [3.05, 3.63) is 12.2 Å². The van der Waals surface area contributed by atoms with Gasteiger partial charge in [-0.15, -0.1) is 0 Å². The van der Waals surface area contributed by atoms with Crippen molar-refractivity contribution in [1.29, 1.82) is 0 Å². The topological polar surface area (TPSA) is 118 Å². The van der Waals surface area contributed by atoms with Gasteiger partial charge in [-0.05, 0) is 33.2 Å². The normalized spacial score (nSPS) is 28.2. The number of carbonyl (C=O) groups is 4. The van der Waals surface area contributed by atoms with E-state index < -0.39 is 23.5 Å². The first-order chi connectivity index (χ1) is 16.3. The van der Waals surface area contributed by atoms with Gasteiger partial charge in [-0.3, -0.25) is 34.1 Å². The van der Waals surface area contributed by atoms with E-state index in [1.807, 2.05) is 32.9 Å². The molecular formula is C25H36N4O5. The molecule has 0 aromatic rings. The van der Waals surface area contributed by atoms with Gasteiger partial charge in [0.2, 0.25) is 11.8 Å². The smallest absolute Gasteiger partial charge is 0.236 e. The lowest BCUT2D eigenvalue weighted by molar-refractivity contribution is -0.144. The Bertz CT molecular complexity index is 924. The first kappa shape index (κ1) is 26.1. The highest BCUT2D eigenvalue weighted by atomic mass is 16.5. The molecule has 4 atom stereocenters. The Morgan fingerprint density at radius 3 is 2.56 bits per heavy atom. The zero-order valence-corrected chi connectivity index (χ0v) is 20.6. The number of ketones is 2. The zero-order valence-electron chi connectivity index (χ0n) is 20.6. The summed E-state index contributed by atoms with van der Waals surface area (Å²) in [5, 5.41) is 3.16. The van der Waals surface area contributed by atoms with Crippen LogP contribution in [0.4, 0.5) is 0 Å². The van der Waals surface area contributed by atoms with Crippen LogP contribution in [0.2, 0.25) is 0 Å². The van der Waals surface area contributed by atoms with Crippen LogP contribution in [0.1, 0.15) is 53.4 Å². The first-order valence-corrected chi connectivity index (χ1v) is 12.3. The first-order valence-electron chi connectivity index (χ1n) is 12.3. The summed E-state index contributed by atoms with van der Waals surface area (Å²) in [5.41, 5.74) is -0.0140. The number of carbonyl (C=O) groups excluding carboxylic acids is 4. The van der Waals surface area contributed by atoms with Crippen LogP contribution in [-0.2, 0) is 23.9 Å². The molecule has 3 aliphatic heterocycles. The van der Waals surface area contributed by atoms with Crippen molar-refractivity contribution in [2.45, 2.75) is 65.1 Å². The molecule has 186 valence electrons. The van der Waals surface area contributed by atoms with E-state index in [2.05, 4.69) is 15.3 Å². The predicted octanol–water partition coefficient (Wildman–Crippen LogP) is 1.54. The summed E-state index contributed by atoms with van der Waals surface area (Å²) in [7, 11) is 0. The molecule has 0 spiro atoms. The molecule has 0 saturated carbocycles. The third kappa shape index (κ3) is 5.10. The molecule has 2 fully saturated rings. The van der Waals surface area contributed by atoms with Crippen molar-refractivity contribution in [3.63, 3.8) is 0 Å². The van der Waals surface area contributed by atoms with Crippen LogP contribution in [0, 0.1) is 11.8 Å². The second-order valence-electron chi connectivity index (χ2n) is 8.92. The second-order valence-corrected chi connectivity index (χ2v) is 8.92. The molecule has 0 aliphatic carbocycles. The fourth-order valence-electron chi connectivity index (χ4n) is 5.08. The molecule has 0 radical (unpaired) electrons. The van der Waals surface area contributed by atoms with Gasteiger partial charge in [0, 0.05) is 32.5 Å². The van der Waals surface area contributed by atoms with E-state index in [-0.39, 0.29) is 42.8 Å². The average Bonchev–Trinajstić information content (AvgIpc) is 3.47. The molecule has 34 heavy (non-hydrogen) atoms. The Morgan fingerprint density at radius 1 is 1.12 bits per heavy atom. The lowest BCUT2D eigenvalue weighted by Crippen LogP contribution is -2.42. The molecule has 0 aromatic heterocycles. The maximum Gasteiger partial charge on any atom is 0.236 e. The van der Waals surface area contributed by atoms with Gasteiger partial charge >= 0.3 is 0 Å². The number of ether oxygens (including phenoxy) is 1. The summed E-state index contributed by atoms with van der Waals surface area (Å²) in [6, 6.07) is 0. The molecule has 3 heterocycles. The van der Waals surface area contributed by atoms with E-state index in [1.54, 1.807) is 6.92 Å². The second kappa shape index (κ2) is 11.3. The van der Waals surface area contributed by atoms with Gasteiger partial charge < -0.3 is 10.1 Å². The molecule has 0 aromatic carbocycles. The van der Waals surface area contributed by atoms with Gasteiger partial charge in [0.05, 0.1) is 35.9 Å². The molecule has 2 bridgehead atoms. The Kier molecular flexibility index (Phi) is 8.65. The van der Waals surface area contributed by atoms with Gasteiger partial charge in [0.1, 0.15) is 5.60 Å². The summed E-state index contributed by atoms with van der Waals surface area (Å²) in [5.74, 6) is -2.08. The fraction of sp³-hybridized carbons (Fsp3) is 0.680. The highest BCUT2D eigenvalue weighted by molar-refractivity contribution is 6.40. The number of fused-ring (bicyclic) bond motifs is 5. The van der Waals surface area contributed by atoms with Gasteiger partial charge in [0.15, 0.2) is 11.6 Å². The minimum atomic E-state index is -0.960. The molecule has 2 saturated heterocycles. The maximum absolute atomic E-state index is 13.3. The number of likely N-dealkylation sites (N-methyl/N-ethyl adjacent to an activating group) is 1. The third-order valence-electron chi connectivity index (χ3n) is 6.85. The number of imide groups is 1. The Hall–Kier alpha value is -2.52. The van der Waals surface area contributed by atoms with Crippen molar-refractivity contribution in [3.8, 4) is 0 Å². The summed E-state index contributed by atoms with van der Waals surface area (Å²) in [4.78, 5) is 61.2. The van der Waals surface area contributed by atoms with E-state index >= 15 is 0 Å². The number of likely N-dealkylation sites (tertiary alicyclic amines) is 1. The largest absolute Gasteiger partial charge is 0.362 e. The molecule has 3 rings (SSSR count). The summed E-state index contributed by atoms with van der Waals surface area (Å²) >= 11 is 0. The van der Waals surface area contributed by atoms with Crippen LogP contribution in [0.25, 0.3) is 0 Å². The predicted molar refractivity (Wildman–Crippen MR) is 129 cm³/mol. The van der Waals surface area contributed by atoms with Gasteiger partial charge in [-0.1, -0.05) is 26.0 Å². The fourth-order valence-corrected chi connectivity index (χ4v) is 5.08. The van der Waals surface area contributed by atoms with Crippen LogP contribution in [0.15, 0.2) is 22.1 Å². The number of hydrogen-bond acceptors (Lipinski definition) is 8. The highest BCUT2D eigenvalue weighted by Crippen LogP contribution is 2.53. The van der Waals surface area contributed by atoms with E-state index in [1.165, 1.54) is 4.90 Å². The van der Waals surface area contributed by atoms with E-state index in [0.717, 1.165) is 6.54 Å². The minimum absolute atomic E-state index is 0.0471. The zero-order chi connectivity index (χ0) is 24.9. The molecule has 9 heteroatoms. The summed E-state index contributed by atoms with van der Waals surface area (Å²) < 4.78 is 6.10. The molecule has 1 N–H and O–H groups in total. The number of nitrogens with zero attached hydrogens (tertiary/aromatic N) is 3. The van der Waals surface area contributed by atoms with Crippen LogP contribution >= 0.6 is 0 Å². The quantitative estimate of drug-likeness (QED) is 0.177. The average molecular weight is 473 g/mol. The Balaban J connectivity index is 1.64. The molecule has 2 amide bonds. The number of amides is 2. The van der Waals surface area contributed by atoms with Crippen LogP contribution in [-0.4, -0.2) is 84.1 Å². The maximum atomic E-state index is 13.3. The summed E-state index contributed by atoms with van der Waals surface area (Å²) in [6.45, 7) is 10.1. The van der Waals surface area contributed by atoms with Crippen molar-refractivity contribution < 1.29 is 23.9 Å². The Morgan fingerprint density at radius 2 is 1.88 bits per heavy atom. The van der Waals surface area contributed by atoms with Crippen molar-refractivity contribution in [2.75, 3.05) is 32.7 Å². The molecule has 2 unspecified atom stereocenters. The van der Waals surface area contributed by atoms with E-state index in [4.69, 9.17) is 4.74 Å². The highest BCUT2D eigenvalue weighted by Gasteiger charge is 2.67. The van der Waals surface area contributed by atoms with Crippen LogP contribution in [0.3, 0.4) is 0 Å². The van der Waals surface area contributed by atoms with Crippen molar-refractivity contribution in [2.24, 2.45) is 21.8 Å². The van der Waals surface area contributed by atoms with Gasteiger partial charge in [-0.2, -0.15) is 0 Å². The number of nitrogens with one attached hydrogen (secondary N) is 1. The van der Waals surface area contributed by atoms with Crippen LogP contribution in [0.5, 0.6) is 0 Å². The number of rotatable bonds is 14. The molecular weight excluding hydrogens is 436 g/mol. The lowest BCUT2D eigenvalue weighted by atomic mass is 9.74. The monoisotopic (exact) mass is 472 g/mol. The third-order valence-corrected chi connectivity index (χ3v) is 6.85. The standard InChI is InChI=1S/C25H36N4O5/c1-5-17(27-7-3)19(31)10-15-29-23(32)21-20-9-12-25(34-20,22(21)24(29)33)11-8-18(30)16(4)28-14-13-26-6-2/h9,12,20-22,26H,5-8,10-11,13-15H2,1-4H3/t20-,21?,22?,25+/m1/s1. The lowest BCUT2D eigenvalue weighted by Gasteiger charge is -2.28. The number of aliphatic imine (C=N–C) groups is 2. The van der Waals surface area contributed by atoms with E-state index in [0.29, 0.717) is 43.9 Å². The SMILES string of the molecule is CCN=C(CC)C(=O)CCN1C(=O)C2C(C1=O)[C@]1(CCC(=O)C(C)=NCCNCC)C=C[C@H]2O1. The van der Waals surface area contributed by atoms with Crippen molar-refractivity contribution in [1.82, 2.24) is 10.2 Å². The number of Topliss-reactive ketones (excluding diaryl/α,β-unsaturated/α-hetero) is 2. The molecule has 9 nitrogen and oxygen atoms in total. The summed E-state index contributed by atoms with van der Waals surface area (Å²) in [6.07, 6.45) is 4.28. The van der Waals surface area contributed by atoms with Gasteiger partial charge in [0.25, 0.3) is 0 Å². The van der Waals surface area contributed by atoms with Crippen LogP contribution < -0.4 is 5.32 Å². The van der Waals surface area contributed by atoms with Gasteiger partial charge in [-0.25, -0.2) is 0 Å². The Labute approximate surface area is 201 Å². The minimum Gasteiger partial charge on any atom is -0.362 e. The molecule has 3 aliphatic rings. The number of hydrogen-bond donors (Lipinski definition) is 1. The van der Waals surface area contributed by atoms with Crippen molar-refractivity contribution >= 4 is 34.8 Å². The van der Waals surface area contributed by atoms with E-state index in [9.17, 15) is 19.2 Å².